The third-order valence-electron chi connectivity index (χ3n) is 4.27. The van der Waals surface area contributed by atoms with Crippen molar-refractivity contribution in [2.75, 3.05) is 17.1 Å². The van der Waals surface area contributed by atoms with Crippen LogP contribution in [-0.4, -0.2) is 27.5 Å². The number of nitrogens with one attached hydrogen (secondary N) is 2. The number of para-hydroxylation sites is 1. The van der Waals surface area contributed by atoms with Crippen LogP contribution >= 0.6 is 0 Å². The highest BCUT2D eigenvalue weighted by molar-refractivity contribution is 7.92. The fraction of sp³-hybridized carbons (Fsp3) is 0.136. The number of ether oxygens (including phenoxy) is 2. The van der Waals surface area contributed by atoms with Crippen molar-refractivity contribution in [1.29, 1.82) is 0 Å². The van der Waals surface area contributed by atoms with Crippen LogP contribution in [0.25, 0.3) is 0 Å². The number of carbonyl (C=O) groups is 1. The molecular formula is C22H21FN2O5S. The van der Waals surface area contributed by atoms with E-state index in [-0.39, 0.29) is 10.6 Å². The first-order valence-corrected chi connectivity index (χ1v) is 10.8. The van der Waals surface area contributed by atoms with Gasteiger partial charge in [0.05, 0.1) is 17.7 Å². The van der Waals surface area contributed by atoms with Gasteiger partial charge in [0.2, 0.25) is 0 Å². The van der Waals surface area contributed by atoms with E-state index in [1.165, 1.54) is 49.6 Å². The second-order valence-electron chi connectivity index (χ2n) is 6.54. The standard InChI is InChI=1S/C22H21FN2O5S/c1-15(30-18-7-5-6-17(14-18)29-2)22(26)24-16-10-12-19(13-11-16)31(27,28)25-21-9-4-3-8-20(21)23/h3-15,25H,1-2H3,(H,24,26). The van der Waals surface area contributed by atoms with E-state index in [9.17, 15) is 17.6 Å². The maximum atomic E-state index is 13.7. The van der Waals surface area contributed by atoms with Crippen LogP contribution in [0.1, 0.15) is 6.92 Å². The molecule has 162 valence electrons. The molecule has 7 nitrogen and oxygen atoms in total. The van der Waals surface area contributed by atoms with Gasteiger partial charge in [-0.25, -0.2) is 12.8 Å². The molecule has 0 aliphatic heterocycles. The molecule has 3 aromatic rings. The van der Waals surface area contributed by atoms with Gasteiger partial charge < -0.3 is 14.8 Å². The molecule has 0 spiro atoms. The van der Waals surface area contributed by atoms with E-state index in [0.29, 0.717) is 17.2 Å². The zero-order valence-electron chi connectivity index (χ0n) is 16.8. The van der Waals surface area contributed by atoms with Gasteiger partial charge in [0, 0.05) is 11.8 Å². The Kier molecular flexibility index (Phi) is 6.76. The fourth-order valence-electron chi connectivity index (χ4n) is 2.64. The molecule has 2 N–H and O–H groups in total. The van der Waals surface area contributed by atoms with Crippen molar-refractivity contribution in [2.24, 2.45) is 0 Å². The molecule has 1 amide bonds. The summed E-state index contributed by atoms with van der Waals surface area (Å²) in [7, 11) is -2.45. The summed E-state index contributed by atoms with van der Waals surface area (Å²) in [5.41, 5.74) is 0.235. The first-order chi connectivity index (χ1) is 14.8. The van der Waals surface area contributed by atoms with Crippen LogP contribution in [0.4, 0.5) is 15.8 Å². The number of rotatable bonds is 8. The van der Waals surface area contributed by atoms with Gasteiger partial charge in [-0.2, -0.15) is 0 Å². The summed E-state index contributed by atoms with van der Waals surface area (Å²) in [4.78, 5) is 12.3. The molecular weight excluding hydrogens is 423 g/mol. The molecule has 31 heavy (non-hydrogen) atoms. The zero-order chi connectivity index (χ0) is 22.4. The fourth-order valence-corrected chi connectivity index (χ4v) is 3.71. The minimum atomic E-state index is -3.98. The Morgan fingerprint density at radius 2 is 1.65 bits per heavy atom. The van der Waals surface area contributed by atoms with Crippen LogP contribution in [0.5, 0.6) is 11.5 Å². The second kappa shape index (κ2) is 9.48. The molecule has 0 aliphatic rings. The summed E-state index contributed by atoms with van der Waals surface area (Å²) in [5, 5.41) is 2.66. The van der Waals surface area contributed by atoms with E-state index < -0.39 is 27.9 Å². The van der Waals surface area contributed by atoms with E-state index in [1.54, 1.807) is 31.2 Å². The molecule has 0 heterocycles. The Morgan fingerprint density at radius 1 is 0.968 bits per heavy atom. The van der Waals surface area contributed by atoms with Gasteiger partial charge in [-0.05, 0) is 55.5 Å². The summed E-state index contributed by atoms with van der Waals surface area (Å²) in [6.07, 6.45) is -0.807. The van der Waals surface area contributed by atoms with Gasteiger partial charge in [0.1, 0.15) is 17.3 Å². The van der Waals surface area contributed by atoms with Gasteiger partial charge >= 0.3 is 0 Å². The molecule has 0 bridgehead atoms. The molecule has 0 saturated heterocycles. The average molecular weight is 444 g/mol. The van der Waals surface area contributed by atoms with Crippen molar-refractivity contribution in [3.05, 3.63) is 78.6 Å². The summed E-state index contributed by atoms with van der Waals surface area (Å²) >= 11 is 0. The Morgan fingerprint density at radius 3 is 2.32 bits per heavy atom. The summed E-state index contributed by atoms with van der Waals surface area (Å²) in [6.45, 7) is 1.59. The first-order valence-electron chi connectivity index (χ1n) is 9.27. The van der Waals surface area contributed by atoms with Crippen molar-refractivity contribution in [3.8, 4) is 11.5 Å². The van der Waals surface area contributed by atoms with Crippen molar-refractivity contribution < 1.29 is 27.1 Å². The third-order valence-corrected chi connectivity index (χ3v) is 5.66. The first kappa shape index (κ1) is 22.1. The van der Waals surface area contributed by atoms with Crippen LogP contribution in [0.3, 0.4) is 0 Å². The van der Waals surface area contributed by atoms with Crippen molar-refractivity contribution in [1.82, 2.24) is 0 Å². The minimum Gasteiger partial charge on any atom is -0.497 e. The molecule has 9 heteroatoms. The normalized spacial score (nSPS) is 12.0. The van der Waals surface area contributed by atoms with Gasteiger partial charge in [0.15, 0.2) is 6.10 Å². The van der Waals surface area contributed by atoms with Crippen molar-refractivity contribution in [3.63, 3.8) is 0 Å². The van der Waals surface area contributed by atoms with E-state index in [1.807, 2.05) is 0 Å². The Labute approximate surface area is 179 Å². The van der Waals surface area contributed by atoms with E-state index in [0.717, 1.165) is 6.07 Å². The van der Waals surface area contributed by atoms with Crippen molar-refractivity contribution >= 4 is 27.3 Å². The number of anilines is 2. The van der Waals surface area contributed by atoms with Crippen molar-refractivity contribution in [2.45, 2.75) is 17.9 Å². The molecule has 3 rings (SSSR count). The smallest absolute Gasteiger partial charge is 0.265 e. The lowest BCUT2D eigenvalue weighted by atomic mass is 10.3. The maximum absolute atomic E-state index is 13.7. The highest BCUT2D eigenvalue weighted by Crippen LogP contribution is 2.22. The number of methoxy groups -OCH3 is 1. The molecule has 0 saturated carbocycles. The maximum Gasteiger partial charge on any atom is 0.265 e. The van der Waals surface area contributed by atoms with Crippen LogP contribution in [0.2, 0.25) is 0 Å². The number of sulfonamides is 1. The molecule has 1 unspecified atom stereocenters. The largest absolute Gasteiger partial charge is 0.497 e. The highest BCUT2D eigenvalue weighted by Gasteiger charge is 2.18. The quantitative estimate of drug-likeness (QED) is 0.547. The number of halogens is 1. The van der Waals surface area contributed by atoms with Gasteiger partial charge in [-0.1, -0.05) is 18.2 Å². The zero-order valence-corrected chi connectivity index (χ0v) is 17.6. The average Bonchev–Trinajstić information content (AvgIpc) is 2.75. The van der Waals surface area contributed by atoms with E-state index >= 15 is 0 Å². The van der Waals surface area contributed by atoms with Crippen LogP contribution in [0, 0.1) is 5.82 Å². The lowest BCUT2D eigenvalue weighted by Crippen LogP contribution is -2.30. The van der Waals surface area contributed by atoms with Crippen LogP contribution in [0.15, 0.2) is 77.7 Å². The molecule has 3 aromatic carbocycles. The summed E-state index contributed by atoms with van der Waals surface area (Å²) in [6, 6.07) is 17.8. The number of benzene rings is 3. The molecule has 0 fully saturated rings. The number of carbonyl (C=O) groups excluding carboxylic acids is 1. The number of hydrogen-bond donors (Lipinski definition) is 2. The number of hydrogen-bond acceptors (Lipinski definition) is 5. The Balaban J connectivity index is 1.64. The lowest BCUT2D eigenvalue weighted by molar-refractivity contribution is -0.122. The van der Waals surface area contributed by atoms with Crippen LogP contribution < -0.4 is 19.5 Å². The third kappa shape index (κ3) is 5.73. The van der Waals surface area contributed by atoms with Gasteiger partial charge in [-0.15, -0.1) is 0 Å². The second-order valence-corrected chi connectivity index (χ2v) is 8.22. The predicted octanol–water partition coefficient (Wildman–Crippen LogP) is 4.04. The minimum absolute atomic E-state index is 0.0746. The SMILES string of the molecule is COc1cccc(OC(C)C(=O)Nc2ccc(S(=O)(=O)Nc3ccccc3F)cc2)c1. The molecule has 0 aliphatic carbocycles. The lowest BCUT2D eigenvalue weighted by Gasteiger charge is -2.15. The Bertz CT molecular complexity index is 1170. The monoisotopic (exact) mass is 444 g/mol. The number of amides is 1. The molecule has 1 atom stereocenters. The summed E-state index contributed by atoms with van der Waals surface area (Å²) in [5.74, 6) is -0.0172. The predicted molar refractivity (Wildman–Crippen MR) is 115 cm³/mol. The molecule has 0 aromatic heterocycles. The summed E-state index contributed by atoms with van der Waals surface area (Å²) < 4.78 is 51.6. The van der Waals surface area contributed by atoms with E-state index in [4.69, 9.17) is 9.47 Å². The van der Waals surface area contributed by atoms with Gasteiger partial charge in [0.25, 0.3) is 15.9 Å². The molecule has 0 radical (unpaired) electrons. The van der Waals surface area contributed by atoms with E-state index in [2.05, 4.69) is 10.0 Å². The highest BCUT2D eigenvalue weighted by atomic mass is 32.2. The van der Waals surface area contributed by atoms with Gasteiger partial charge in [-0.3, -0.25) is 9.52 Å². The van der Waals surface area contributed by atoms with Crippen LogP contribution in [-0.2, 0) is 14.8 Å². The Hall–Kier alpha value is -3.59. The topological polar surface area (TPSA) is 93.7 Å².